The van der Waals surface area contributed by atoms with Gasteiger partial charge in [-0.2, -0.15) is 0 Å². The van der Waals surface area contributed by atoms with Crippen LogP contribution in [-0.2, 0) is 11.2 Å². The van der Waals surface area contributed by atoms with Gasteiger partial charge in [-0.1, -0.05) is 26.0 Å². The summed E-state index contributed by atoms with van der Waals surface area (Å²) in [5.74, 6) is 0.688. The van der Waals surface area contributed by atoms with Gasteiger partial charge in [-0.15, -0.1) is 0 Å². The summed E-state index contributed by atoms with van der Waals surface area (Å²) in [6, 6.07) is 8.74. The molecule has 1 fully saturated rings. The largest absolute Gasteiger partial charge is 0.396 e. The molecule has 2 rings (SSSR count). The molecular weight excluding hydrogens is 238 g/mol. The second kappa shape index (κ2) is 5.93. The molecule has 3 nitrogen and oxygen atoms in total. The predicted molar refractivity (Wildman–Crippen MR) is 78.6 cm³/mol. The van der Waals surface area contributed by atoms with Gasteiger partial charge in [-0.3, -0.25) is 0 Å². The predicted octanol–water partition coefficient (Wildman–Crippen LogP) is 2.33. The molecule has 3 heteroatoms. The van der Waals surface area contributed by atoms with Gasteiger partial charge in [0.1, 0.15) is 0 Å². The monoisotopic (exact) mass is 263 g/mol. The Labute approximate surface area is 116 Å². The Morgan fingerprint density at radius 1 is 1.26 bits per heavy atom. The standard InChI is InChI=1S/C16H25NO2/c1-13(2)8-14-4-6-15(7-5-14)17(3)9-16(10-18)11-19-12-16/h4-7,13,18H,8-12H2,1-3H3. The van der Waals surface area contributed by atoms with E-state index in [0.29, 0.717) is 19.1 Å². The Morgan fingerprint density at radius 3 is 2.32 bits per heavy atom. The molecule has 19 heavy (non-hydrogen) atoms. The number of benzene rings is 1. The van der Waals surface area contributed by atoms with Gasteiger partial charge < -0.3 is 14.7 Å². The van der Waals surface area contributed by atoms with E-state index in [-0.39, 0.29) is 12.0 Å². The van der Waals surface area contributed by atoms with Crippen LogP contribution in [0.1, 0.15) is 19.4 Å². The molecule has 0 aromatic heterocycles. The van der Waals surface area contributed by atoms with Gasteiger partial charge in [0, 0.05) is 19.3 Å². The highest BCUT2D eigenvalue weighted by Gasteiger charge is 2.39. The maximum absolute atomic E-state index is 9.47. The Hall–Kier alpha value is -1.06. The lowest BCUT2D eigenvalue weighted by molar-refractivity contribution is -0.130. The highest BCUT2D eigenvalue weighted by Crippen LogP contribution is 2.29. The second-order valence-corrected chi connectivity index (χ2v) is 6.27. The van der Waals surface area contributed by atoms with Gasteiger partial charge in [-0.25, -0.2) is 0 Å². The van der Waals surface area contributed by atoms with Crippen molar-refractivity contribution >= 4 is 5.69 Å². The minimum Gasteiger partial charge on any atom is -0.396 e. The van der Waals surface area contributed by atoms with E-state index in [4.69, 9.17) is 4.74 Å². The first-order chi connectivity index (χ1) is 9.04. The van der Waals surface area contributed by atoms with Gasteiger partial charge in [0.05, 0.1) is 25.2 Å². The van der Waals surface area contributed by atoms with Crippen molar-refractivity contribution in [2.45, 2.75) is 20.3 Å². The van der Waals surface area contributed by atoms with E-state index in [0.717, 1.165) is 13.0 Å². The van der Waals surface area contributed by atoms with Crippen LogP contribution in [0, 0.1) is 11.3 Å². The summed E-state index contributed by atoms with van der Waals surface area (Å²) in [6.45, 7) is 6.84. The van der Waals surface area contributed by atoms with Crippen LogP contribution in [0.25, 0.3) is 0 Å². The molecule has 1 aromatic carbocycles. The summed E-state index contributed by atoms with van der Waals surface area (Å²) in [5.41, 5.74) is 2.52. The lowest BCUT2D eigenvalue weighted by atomic mass is 9.86. The molecule has 0 radical (unpaired) electrons. The van der Waals surface area contributed by atoms with Gasteiger partial charge in [0.25, 0.3) is 0 Å². The van der Waals surface area contributed by atoms with Crippen LogP contribution in [0.4, 0.5) is 5.69 Å². The molecule has 0 aliphatic carbocycles. The Morgan fingerprint density at radius 2 is 1.89 bits per heavy atom. The lowest BCUT2D eigenvalue weighted by Gasteiger charge is -2.42. The minimum atomic E-state index is -0.0641. The van der Waals surface area contributed by atoms with E-state index in [2.05, 4.69) is 50.1 Å². The molecule has 1 heterocycles. The zero-order valence-corrected chi connectivity index (χ0v) is 12.2. The molecule has 106 valence electrons. The second-order valence-electron chi connectivity index (χ2n) is 6.27. The average Bonchev–Trinajstić information content (AvgIpc) is 2.34. The molecule has 0 unspecified atom stereocenters. The fraction of sp³-hybridized carbons (Fsp3) is 0.625. The molecule has 1 saturated heterocycles. The van der Waals surface area contributed by atoms with Crippen LogP contribution >= 0.6 is 0 Å². The van der Waals surface area contributed by atoms with E-state index in [9.17, 15) is 5.11 Å². The van der Waals surface area contributed by atoms with Crippen LogP contribution in [0.15, 0.2) is 24.3 Å². The SMILES string of the molecule is CC(C)Cc1ccc(N(C)CC2(CO)COC2)cc1. The number of ether oxygens (including phenoxy) is 1. The van der Waals surface area contributed by atoms with Crippen molar-refractivity contribution in [3.8, 4) is 0 Å². The van der Waals surface area contributed by atoms with Gasteiger partial charge in [-0.05, 0) is 30.0 Å². The maximum atomic E-state index is 9.47. The van der Waals surface area contributed by atoms with Crippen molar-refractivity contribution in [1.29, 1.82) is 0 Å². The van der Waals surface area contributed by atoms with Gasteiger partial charge in [0.15, 0.2) is 0 Å². The van der Waals surface area contributed by atoms with Crippen molar-refractivity contribution < 1.29 is 9.84 Å². The van der Waals surface area contributed by atoms with Crippen molar-refractivity contribution in [1.82, 2.24) is 0 Å². The summed E-state index contributed by atoms with van der Waals surface area (Å²) in [6.07, 6.45) is 1.12. The number of nitrogens with zero attached hydrogens (tertiary/aromatic N) is 1. The number of hydrogen-bond acceptors (Lipinski definition) is 3. The molecule has 1 N–H and O–H groups in total. The first-order valence-electron chi connectivity index (χ1n) is 7.03. The third kappa shape index (κ3) is 3.48. The molecule has 0 amide bonds. The molecule has 0 saturated carbocycles. The van der Waals surface area contributed by atoms with Crippen molar-refractivity contribution in [3.63, 3.8) is 0 Å². The zero-order valence-electron chi connectivity index (χ0n) is 12.2. The van der Waals surface area contributed by atoms with Crippen LogP contribution in [-0.4, -0.2) is 38.5 Å². The zero-order chi connectivity index (χ0) is 13.9. The summed E-state index contributed by atoms with van der Waals surface area (Å²) >= 11 is 0. The topological polar surface area (TPSA) is 32.7 Å². The van der Waals surface area contributed by atoms with Crippen molar-refractivity contribution in [2.75, 3.05) is 38.3 Å². The molecule has 0 spiro atoms. The Kier molecular flexibility index (Phi) is 4.48. The van der Waals surface area contributed by atoms with Crippen LogP contribution in [0.3, 0.4) is 0 Å². The van der Waals surface area contributed by atoms with Crippen molar-refractivity contribution in [3.05, 3.63) is 29.8 Å². The van der Waals surface area contributed by atoms with Gasteiger partial charge in [0.2, 0.25) is 0 Å². The summed E-state index contributed by atoms with van der Waals surface area (Å²) in [5, 5.41) is 9.47. The van der Waals surface area contributed by atoms with E-state index >= 15 is 0 Å². The van der Waals surface area contributed by atoms with Gasteiger partial charge >= 0.3 is 0 Å². The smallest absolute Gasteiger partial charge is 0.0584 e. The number of rotatable bonds is 6. The van der Waals surface area contributed by atoms with E-state index < -0.39 is 0 Å². The highest BCUT2D eigenvalue weighted by atomic mass is 16.5. The van der Waals surface area contributed by atoms with Crippen LogP contribution in [0.5, 0.6) is 0 Å². The number of aliphatic hydroxyl groups excluding tert-OH is 1. The molecule has 0 bridgehead atoms. The fourth-order valence-corrected chi connectivity index (χ4v) is 2.58. The van der Waals surface area contributed by atoms with Crippen molar-refractivity contribution in [2.24, 2.45) is 11.3 Å². The molecule has 1 aliphatic heterocycles. The number of anilines is 1. The van der Waals surface area contributed by atoms with E-state index in [1.165, 1.54) is 11.3 Å². The molecule has 0 atom stereocenters. The first-order valence-corrected chi connectivity index (χ1v) is 7.03. The van der Waals surface area contributed by atoms with E-state index in [1.807, 2.05) is 0 Å². The molecular formula is C16H25NO2. The van der Waals surface area contributed by atoms with E-state index in [1.54, 1.807) is 0 Å². The summed E-state index contributed by atoms with van der Waals surface area (Å²) in [7, 11) is 2.08. The molecule has 1 aliphatic rings. The summed E-state index contributed by atoms with van der Waals surface area (Å²) < 4.78 is 5.24. The Balaban J connectivity index is 1.97. The highest BCUT2D eigenvalue weighted by molar-refractivity contribution is 5.47. The normalized spacial score (nSPS) is 17.3. The number of hydrogen-bond donors (Lipinski definition) is 1. The fourth-order valence-electron chi connectivity index (χ4n) is 2.58. The first kappa shape index (κ1) is 14.4. The van der Waals surface area contributed by atoms with Crippen LogP contribution in [0.2, 0.25) is 0 Å². The lowest BCUT2D eigenvalue weighted by Crippen LogP contribution is -2.52. The number of aliphatic hydroxyl groups is 1. The average molecular weight is 263 g/mol. The maximum Gasteiger partial charge on any atom is 0.0584 e. The Bertz CT molecular complexity index is 390. The minimum absolute atomic E-state index is 0.0641. The quantitative estimate of drug-likeness (QED) is 0.855. The van der Waals surface area contributed by atoms with Crippen LogP contribution < -0.4 is 4.90 Å². The molecule has 1 aromatic rings. The third-order valence-electron chi connectivity index (χ3n) is 3.75. The summed E-state index contributed by atoms with van der Waals surface area (Å²) in [4.78, 5) is 2.21. The third-order valence-corrected chi connectivity index (χ3v) is 3.75.